The number of amides is 1. The number of aromatic amines is 1. The Balaban J connectivity index is 1.79. The second kappa shape index (κ2) is 6.17. The van der Waals surface area contributed by atoms with Crippen LogP contribution in [0.2, 0.25) is 0 Å². The van der Waals surface area contributed by atoms with Gasteiger partial charge in [0.2, 0.25) is 5.56 Å². The Hall–Kier alpha value is -2.38. The second-order valence-corrected chi connectivity index (χ2v) is 7.10. The predicted octanol–water partition coefficient (Wildman–Crippen LogP) is 1.93. The Kier molecular flexibility index (Phi) is 4.30. The molecule has 1 aromatic heterocycles. The van der Waals surface area contributed by atoms with Crippen LogP contribution in [0.5, 0.6) is 0 Å². The topological polar surface area (TPSA) is 80.4 Å². The van der Waals surface area contributed by atoms with E-state index in [0.29, 0.717) is 5.69 Å². The molecule has 1 amide bonds. The van der Waals surface area contributed by atoms with Gasteiger partial charge in [-0.1, -0.05) is 18.2 Å². The lowest BCUT2D eigenvalue weighted by Gasteiger charge is -2.32. The number of nitrogens with one attached hydrogen (secondary N) is 2. The summed E-state index contributed by atoms with van der Waals surface area (Å²) < 4.78 is 12.1. The molecule has 0 spiro atoms. The Morgan fingerprint density at radius 2 is 1.68 bits per heavy atom. The number of carbonyl (C=O) groups excluding carboxylic acids is 1. The minimum Gasteiger partial charge on any atom is -0.399 e. The molecule has 1 saturated heterocycles. The van der Waals surface area contributed by atoms with Gasteiger partial charge in [0.1, 0.15) is 5.69 Å². The van der Waals surface area contributed by atoms with Crippen LogP contribution in [-0.2, 0) is 9.31 Å². The van der Waals surface area contributed by atoms with Crippen LogP contribution in [0.15, 0.2) is 47.3 Å². The summed E-state index contributed by atoms with van der Waals surface area (Å²) >= 11 is 0. The highest BCUT2D eigenvalue weighted by molar-refractivity contribution is 6.62. The van der Waals surface area contributed by atoms with Gasteiger partial charge in [-0.25, -0.2) is 0 Å². The first-order valence-corrected chi connectivity index (χ1v) is 8.14. The van der Waals surface area contributed by atoms with E-state index in [1.807, 2.05) is 39.8 Å². The Labute approximate surface area is 146 Å². The number of carbonyl (C=O) groups is 1. The summed E-state index contributed by atoms with van der Waals surface area (Å²) in [6.07, 6.45) is 0. The van der Waals surface area contributed by atoms with E-state index in [9.17, 15) is 9.59 Å². The minimum absolute atomic E-state index is 0.202. The number of benzene rings is 1. The lowest BCUT2D eigenvalue weighted by Crippen LogP contribution is -2.41. The van der Waals surface area contributed by atoms with Gasteiger partial charge >= 0.3 is 7.12 Å². The van der Waals surface area contributed by atoms with Crippen molar-refractivity contribution < 1.29 is 14.1 Å². The number of hydrogen-bond donors (Lipinski definition) is 2. The molecule has 1 aliphatic rings. The molecule has 0 aliphatic carbocycles. The van der Waals surface area contributed by atoms with E-state index in [4.69, 9.17) is 9.31 Å². The fourth-order valence-corrected chi connectivity index (χ4v) is 2.52. The molecule has 130 valence electrons. The van der Waals surface area contributed by atoms with Crippen molar-refractivity contribution in [1.29, 1.82) is 0 Å². The zero-order valence-corrected chi connectivity index (χ0v) is 14.8. The van der Waals surface area contributed by atoms with Crippen molar-refractivity contribution in [2.75, 3.05) is 5.32 Å². The highest BCUT2D eigenvalue weighted by Crippen LogP contribution is 2.36. The number of anilines is 1. The fourth-order valence-electron chi connectivity index (χ4n) is 2.52. The van der Waals surface area contributed by atoms with Crippen molar-refractivity contribution in [3.05, 3.63) is 58.5 Å². The summed E-state index contributed by atoms with van der Waals surface area (Å²) in [6.45, 7) is 7.96. The molecule has 0 unspecified atom stereocenters. The standard InChI is InChI=1S/C18H21BN2O4/c1-17(2)18(3,4)25-19(24-17)12-7-5-8-13(11-12)20-16(23)14-9-6-10-15(22)21-14/h5-11H,1-4H3,(H,20,23)(H,21,22). The maximum atomic E-state index is 12.3. The van der Waals surface area contributed by atoms with E-state index < -0.39 is 18.3 Å². The lowest BCUT2D eigenvalue weighted by molar-refractivity contribution is 0.00578. The van der Waals surface area contributed by atoms with Crippen LogP contribution in [0.3, 0.4) is 0 Å². The quantitative estimate of drug-likeness (QED) is 0.837. The molecule has 0 saturated carbocycles. The second-order valence-electron chi connectivity index (χ2n) is 7.10. The van der Waals surface area contributed by atoms with Crippen molar-refractivity contribution >= 4 is 24.2 Å². The van der Waals surface area contributed by atoms with Gasteiger partial charge in [0.05, 0.1) is 11.2 Å². The largest absolute Gasteiger partial charge is 0.494 e. The van der Waals surface area contributed by atoms with E-state index in [0.717, 1.165) is 5.46 Å². The molecule has 7 heteroatoms. The van der Waals surface area contributed by atoms with Gasteiger partial charge < -0.3 is 19.6 Å². The third kappa shape index (κ3) is 3.52. The molecule has 1 fully saturated rings. The first kappa shape index (κ1) is 17.4. The van der Waals surface area contributed by atoms with Crippen LogP contribution in [-0.4, -0.2) is 29.2 Å². The Morgan fingerprint density at radius 3 is 2.32 bits per heavy atom. The summed E-state index contributed by atoms with van der Waals surface area (Å²) in [6, 6.07) is 11.7. The van der Waals surface area contributed by atoms with Crippen molar-refractivity contribution in [1.82, 2.24) is 4.98 Å². The molecule has 0 atom stereocenters. The average molecular weight is 340 g/mol. The monoisotopic (exact) mass is 340 g/mol. The smallest absolute Gasteiger partial charge is 0.399 e. The van der Waals surface area contributed by atoms with Crippen LogP contribution >= 0.6 is 0 Å². The first-order chi connectivity index (χ1) is 11.7. The van der Waals surface area contributed by atoms with Gasteiger partial charge in [0.15, 0.2) is 0 Å². The van der Waals surface area contributed by atoms with Gasteiger partial charge in [-0.05, 0) is 51.4 Å². The summed E-state index contributed by atoms with van der Waals surface area (Å²) in [7, 11) is -0.501. The SMILES string of the molecule is CC1(C)OB(c2cccc(NC(=O)c3cccc(=O)[nH]3)c2)OC1(C)C. The first-order valence-electron chi connectivity index (χ1n) is 8.14. The lowest BCUT2D eigenvalue weighted by atomic mass is 9.79. The van der Waals surface area contributed by atoms with Gasteiger partial charge in [-0.3, -0.25) is 9.59 Å². The highest BCUT2D eigenvalue weighted by atomic mass is 16.7. The Morgan fingerprint density at radius 1 is 1.04 bits per heavy atom. The van der Waals surface area contributed by atoms with Crippen LogP contribution in [0.25, 0.3) is 0 Å². The van der Waals surface area contributed by atoms with Crippen molar-refractivity contribution in [2.24, 2.45) is 0 Å². The van der Waals surface area contributed by atoms with E-state index in [2.05, 4.69) is 10.3 Å². The minimum atomic E-state index is -0.501. The fraction of sp³-hybridized carbons (Fsp3) is 0.333. The third-order valence-electron chi connectivity index (χ3n) is 4.68. The number of rotatable bonds is 3. The molecular weight excluding hydrogens is 319 g/mol. The van der Waals surface area contributed by atoms with E-state index in [1.54, 1.807) is 18.2 Å². The van der Waals surface area contributed by atoms with E-state index >= 15 is 0 Å². The van der Waals surface area contributed by atoms with Gasteiger partial charge in [0.25, 0.3) is 5.91 Å². The molecule has 1 aliphatic heterocycles. The molecular formula is C18H21BN2O4. The molecule has 6 nitrogen and oxygen atoms in total. The van der Waals surface area contributed by atoms with Gasteiger partial charge in [-0.15, -0.1) is 0 Å². The molecule has 0 radical (unpaired) electrons. The molecule has 0 bridgehead atoms. The van der Waals surface area contributed by atoms with E-state index in [1.165, 1.54) is 12.1 Å². The third-order valence-corrected chi connectivity index (χ3v) is 4.68. The molecule has 2 aromatic rings. The molecule has 25 heavy (non-hydrogen) atoms. The molecule has 1 aromatic carbocycles. The van der Waals surface area contributed by atoms with E-state index in [-0.39, 0.29) is 17.2 Å². The summed E-state index contributed by atoms with van der Waals surface area (Å²) in [5.74, 6) is -0.385. The number of H-pyrrole nitrogens is 1. The van der Waals surface area contributed by atoms with Gasteiger partial charge in [0, 0.05) is 11.8 Å². The Bertz CT molecular complexity index is 844. The molecule has 2 heterocycles. The normalized spacial score (nSPS) is 18.2. The molecule has 3 rings (SSSR count). The maximum Gasteiger partial charge on any atom is 0.494 e. The summed E-state index contributed by atoms with van der Waals surface area (Å²) in [5, 5.41) is 2.77. The maximum absolute atomic E-state index is 12.3. The van der Waals surface area contributed by atoms with Crippen LogP contribution in [0.1, 0.15) is 38.2 Å². The van der Waals surface area contributed by atoms with Crippen molar-refractivity contribution in [3.8, 4) is 0 Å². The number of pyridine rings is 1. The summed E-state index contributed by atoms with van der Waals surface area (Å²) in [4.78, 5) is 26.1. The van der Waals surface area contributed by atoms with Crippen LogP contribution in [0, 0.1) is 0 Å². The zero-order chi connectivity index (χ0) is 18.2. The number of aromatic nitrogens is 1. The summed E-state index contributed by atoms with van der Waals surface area (Å²) in [5.41, 5.74) is 0.438. The van der Waals surface area contributed by atoms with Crippen molar-refractivity contribution in [2.45, 2.75) is 38.9 Å². The highest BCUT2D eigenvalue weighted by Gasteiger charge is 2.51. The average Bonchev–Trinajstić information content (AvgIpc) is 2.76. The van der Waals surface area contributed by atoms with Crippen LogP contribution < -0.4 is 16.3 Å². The van der Waals surface area contributed by atoms with Crippen LogP contribution in [0.4, 0.5) is 5.69 Å². The van der Waals surface area contributed by atoms with Crippen molar-refractivity contribution in [3.63, 3.8) is 0 Å². The molecule has 2 N–H and O–H groups in total. The zero-order valence-electron chi connectivity index (χ0n) is 14.8. The van der Waals surface area contributed by atoms with Gasteiger partial charge in [-0.2, -0.15) is 0 Å². The number of hydrogen-bond acceptors (Lipinski definition) is 4. The predicted molar refractivity (Wildman–Crippen MR) is 97.2 cm³/mol.